The van der Waals surface area contributed by atoms with E-state index in [0.717, 1.165) is 12.1 Å². The van der Waals surface area contributed by atoms with E-state index in [-0.39, 0.29) is 48.7 Å². The molecule has 0 aliphatic carbocycles. The van der Waals surface area contributed by atoms with Crippen molar-refractivity contribution in [3.05, 3.63) is 64.5 Å². The second-order valence-electron chi connectivity index (χ2n) is 7.23. The zero-order chi connectivity index (χ0) is 22.8. The molecule has 0 radical (unpaired) electrons. The molecule has 1 saturated heterocycles. The van der Waals surface area contributed by atoms with Crippen LogP contribution in [0.15, 0.2) is 36.4 Å². The van der Waals surface area contributed by atoms with Gasteiger partial charge in [0.1, 0.15) is 24.3 Å². The highest BCUT2D eigenvalue weighted by atomic mass is 19.4. The van der Waals surface area contributed by atoms with Crippen LogP contribution in [0.1, 0.15) is 38.8 Å². The largest absolute Gasteiger partial charge is 0.491 e. The van der Waals surface area contributed by atoms with Crippen LogP contribution < -0.4 is 4.74 Å². The normalized spacial score (nSPS) is 16.8. The molecule has 5 nitrogen and oxygen atoms in total. The zero-order valence-corrected chi connectivity index (χ0v) is 17.0. The van der Waals surface area contributed by atoms with Gasteiger partial charge in [-0.3, -0.25) is 9.59 Å². The molecule has 1 unspecified atom stereocenters. The van der Waals surface area contributed by atoms with Gasteiger partial charge in [0.25, 0.3) is 5.91 Å². The lowest BCUT2D eigenvalue weighted by atomic mass is 10.0. The van der Waals surface area contributed by atoms with Crippen LogP contribution in [0.3, 0.4) is 0 Å². The van der Waals surface area contributed by atoms with E-state index >= 15 is 0 Å². The van der Waals surface area contributed by atoms with Gasteiger partial charge in [0.2, 0.25) is 0 Å². The summed E-state index contributed by atoms with van der Waals surface area (Å²) in [4.78, 5) is 25.6. The second-order valence-corrected chi connectivity index (χ2v) is 7.23. The van der Waals surface area contributed by atoms with Gasteiger partial charge in [-0.2, -0.15) is 13.2 Å². The van der Waals surface area contributed by atoms with E-state index in [1.165, 1.54) is 43.0 Å². The molecule has 1 amide bonds. The van der Waals surface area contributed by atoms with Gasteiger partial charge < -0.3 is 14.4 Å². The molecule has 1 heterocycles. The third-order valence-electron chi connectivity index (χ3n) is 5.05. The monoisotopic (exact) mass is 439 g/mol. The SMILES string of the molecule is CC(=O)c1ccc(OCC2CN(C(=O)c3cccc(C(F)(F)F)c3C)CCO2)cc1F. The molecule has 3 rings (SSSR count). The van der Waals surface area contributed by atoms with Gasteiger partial charge in [0.15, 0.2) is 5.78 Å². The maximum Gasteiger partial charge on any atom is 0.416 e. The molecule has 1 atom stereocenters. The third kappa shape index (κ3) is 5.22. The van der Waals surface area contributed by atoms with Crippen molar-refractivity contribution < 1.29 is 36.6 Å². The Kier molecular flexibility index (Phi) is 6.64. The summed E-state index contributed by atoms with van der Waals surface area (Å²) in [5.74, 6) is -1.43. The average Bonchev–Trinajstić information content (AvgIpc) is 2.71. The number of carbonyl (C=O) groups excluding carboxylic acids is 2. The molecule has 0 bridgehead atoms. The van der Waals surface area contributed by atoms with Gasteiger partial charge in [-0.05, 0) is 43.7 Å². The van der Waals surface area contributed by atoms with E-state index in [1.807, 2.05) is 0 Å². The minimum Gasteiger partial charge on any atom is -0.491 e. The summed E-state index contributed by atoms with van der Waals surface area (Å²) < 4.78 is 64.4. The van der Waals surface area contributed by atoms with E-state index in [9.17, 15) is 27.2 Å². The minimum absolute atomic E-state index is 0.00418. The highest BCUT2D eigenvalue weighted by Crippen LogP contribution is 2.33. The minimum atomic E-state index is -4.55. The number of alkyl halides is 3. The van der Waals surface area contributed by atoms with Gasteiger partial charge in [-0.25, -0.2) is 4.39 Å². The van der Waals surface area contributed by atoms with E-state index in [1.54, 1.807) is 0 Å². The predicted octanol–water partition coefficient (Wildman–Crippen LogP) is 4.28. The molecule has 0 N–H and O–H groups in total. The summed E-state index contributed by atoms with van der Waals surface area (Å²) >= 11 is 0. The third-order valence-corrected chi connectivity index (χ3v) is 5.05. The van der Waals surface area contributed by atoms with Crippen molar-refractivity contribution in [3.63, 3.8) is 0 Å². The summed E-state index contributed by atoms with van der Waals surface area (Å²) in [6, 6.07) is 7.39. The molecule has 9 heteroatoms. The number of amides is 1. The van der Waals surface area contributed by atoms with E-state index < -0.39 is 35.4 Å². The van der Waals surface area contributed by atoms with Crippen LogP contribution in [-0.2, 0) is 10.9 Å². The summed E-state index contributed by atoms with van der Waals surface area (Å²) in [7, 11) is 0. The molecule has 0 saturated carbocycles. The number of ether oxygens (including phenoxy) is 2. The Balaban J connectivity index is 1.66. The number of morpholine rings is 1. The first-order chi connectivity index (χ1) is 14.6. The van der Waals surface area contributed by atoms with Gasteiger partial charge in [0.05, 0.1) is 24.3 Å². The van der Waals surface area contributed by atoms with Gasteiger partial charge >= 0.3 is 6.18 Å². The Morgan fingerprint density at radius 2 is 1.94 bits per heavy atom. The van der Waals surface area contributed by atoms with E-state index in [2.05, 4.69) is 0 Å². The molecule has 0 aromatic heterocycles. The predicted molar refractivity (Wildman–Crippen MR) is 104 cm³/mol. The molecule has 1 aliphatic heterocycles. The molecule has 31 heavy (non-hydrogen) atoms. The summed E-state index contributed by atoms with van der Waals surface area (Å²) in [6.07, 6.45) is -5.09. The van der Waals surface area contributed by atoms with Crippen molar-refractivity contribution >= 4 is 11.7 Å². The molecule has 166 valence electrons. The first-order valence-electron chi connectivity index (χ1n) is 9.59. The Labute approximate surface area is 176 Å². The lowest BCUT2D eigenvalue weighted by molar-refractivity contribution is -0.138. The van der Waals surface area contributed by atoms with Gasteiger partial charge in [-0.1, -0.05) is 6.07 Å². The van der Waals surface area contributed by atoms with E-state index in [0.29, 0.717) is 0 Å². The second kappa shape index (κ2) is 9.05. The van der Waals surface area contributed by atoms with Crippen molar-refractivity contribution in [3.8, 4) is 5.75 Å². The lowest BCUT2D eigenvalue weighted by Gasteiger charge is -2.33. The molecule has 2 aromatic rings. The smallest absolute Gasteiger partial charge is 0.416 e. The first-order valence-corrected chi connectivity index (χ1v) is 9.59. The van der Waals surface area contributed by atoms with Crippen LogP contribution in [-0.4, -0.2) is 49.0 Å². The maximum atomic E-state index is 13.9. The summed E-state index contributed by atoms with van der Waals surface area (Å²) in [5.41, 5.74) is -1.03. The van der Waals surface area contributed by atoms with Crippen LogP contribution in [0.2, 0.25) is 0 Å². The number of carbonyl (C=O) groups is 2. The van der Waals surface area contributed by atoms with Crippen LogP contribution in [0, 0.1) is 12.7 Å². The fourth-order valence-corrected chi connectivity index (χ4v) is 3.41. The van der Waals surface area contributed by atoms with Crippen molar-refractivity contribution in [2.45, 2.75) is 26.1 Å². The average molecular weight is 439 g/mol. The number of hydrogen-bond acceptors (Lipinski definition) is 4. The number of ketones is 1. The Morgan fingerprint density at radius 1 is 1.19 bits per heavy atom. The quantitative estimate of drug-likeness (QED) is 0.516. The highest BCUT2D eigenvalue weighted by molar-refractivity contribution is 5.96. The Bertz CT molecular complexity index is 990. The van der Waals surface area contributed by atoms with Crippen LogP contribution in [0.5, 0.6) is 5.75 Å². The Hall–Kier alpha value is -2.94. The standard InChI is InChI=1S/C22H21F4NO4/c1-13-17(4-3-5-19(13)22(24,25)26)21(29)27-8-9-30-16(11-27)12-31-15-6-7-18(14(2)28)20(23)10-15/h3-7,10,16H,8-9,11-12H2,1-2H3. The Morgan fingerprint density at radius 3 is 2.58 bits per heavy atom. The number of halogens is 4. The van der Waals surface area contributed by atoms with Crippen molar-refractivity contribution in [1.82, 2.24) is 4.90 Å². The van der Waals surface area contributed by atoms with Crippen molar-refractivity contribution in [2.75, 3.05) is 26.3 Å². The van der Waals surface area contributed by atoms with Gasteiger partial charge in [0, 0.05) is 18.2 Å². The molecule has 1 aliphatic rings. The molecular weight excluding hydrogens is 418 g/mol. The topological polar surface area (TPSA) is 55.8 Å². The van der Waals surface area contributed by atoms with Crippen LogP contribution >= 0.6 is 0 Å². The molecule has 1 fully saturated rings. The number of nitrogens with zero attached hydrogens (tertiary/aromatic N) is 1. The van der Waals surface area contributed by atoms with Gasteiger partial charge in [-0.15, -0.1) is 0 Å². The highest BCUT2D eigenvalue weighted by Gasteiger charge is 2.35. The number of hydrogen-bond donors (Lipinski definition) is 0. The maximum absolute atomic E-state index is 13.9. The van der Waals surface area contributed by atoms with Crippen molar-refractivity contribution in [2.24, 2.45) is 0 Å². The molecule has 2 aromatic carbocycles. The van der Waals surface area contributed by atoms with E-state index in [4.69, 9.17) is 9.47 Å². The molecule has 0 spiro atoms. The van der Waals surface area contributed by atoms with Crippen molar-refractivity contribution in [1.29, 1.82) is 0 Å². The zero-order valence-electron chi connectivity index (χ0n) is 17.0. The number of Topliss-reactive ketones (excluding diaryl/α,β-unsaturated/α-hetero) is 1. The number of benzene rings is 2. The lowest BCUT2D eigenvalue weighted by Crippen LogP contribution is -2.47. The molecular formula is C22H21F4NO4. The fraction of sp³-hybridized carbons (Fsp3) is 0.364. The first kappa shape index (κ1) is 22.7. The summed E-state index contributed by atoms with van der Waals surface area (Å²) in [6.45, 7) is 3.07. The van der Waals surface area contributed by atoms with Crippen LogP contribution in [0.25, 0.3) is 0 Å². The fourth-order valence-electron chi connectivity index (χ4n) is 3.41. The summed E-state index contributed by atoms with van der Waals surface area (Å²) in [5, 5.41) is 0. The number of rotatable bonds is 5. The van der Waals surface area contributed by atoms with Crippen LogP contribution in [0.4, 0.5) is 17.6 Å².